The van der Waals surface area contributed by atoms with Crippen LogP contribution in [0.1, 0.15) is 64.9 Å². The van der Waals surface area contributed by atoms with Crippen molar-refractivity contribution in [3.8, 4) is 6.01 Å². The molecule has 2 fully saturated rings. The number of hydrogen-bond acceptors (Lipinski definition) is 11. The third kappa shape index (κ3) is 6.76. The van der Waals surface area contributed by atoms with Gasteiger partial charge in [0.2, 0.25) is 11.5 Å². The first-order chi connectivity index (χ1) is 17.3. The number of piperazine rings is 1. The molecule has 0 radical (unpaired) electrons. The average molecular weight is 523 g/mol. The van der Waals surface area contributed by atoms with Crippen LogP contribution in [0.3, 0.4) is 0 Å². The van der Waals surface area contributed by atoms with Gasteiger partial charge in [0, 0.05) is 31.2 Å². The fourth-order valence-corrected chi connectivity index (χ4v) is 4.55. The van der Waals surface area contributed by atoms with Crippen molar-refractivity contribution in [2.24, 2.45) is 0 Å². The number of ether oxygens (including phenoxy) is 3. The van der Waals surface area contributed by atoms with Gasteiger partial charge in [-0.2, -0.15) is 9.97 Å². The Balaban J connectivity index is 1.97. The van der Waals surface area contributed by atoms with Crippen LogP contribution in [0.2, 0.25) is 0 Å². The Labute approximate surface area is 217 Å². The van der Waals surface area contributed by atoms with Gasteiger partial charge < -0.3 is 28.9 Å². The van der Waals surface area contributed by atoms with E-state index in [1.165, 1.54) is 0 Å². The zero-order chi connectivity index (χ0) is 27.5. The highest BCUT2D eigenvalue weighted by Gasteiger charge is 2.40. The number of hydrogen-bond donors (Lipinski definition) is 0. The van der Waals surface area contributed by atoms with E-state index in [-0.39, 0.29) is 56.3 Å². The summed E-state index contributed by atoms with van der Waals surface area (Å²) in [7, 11) is 2.00. The molecule has 13 heteroatoms. The van der Waals surface area contributed by atoms with Crippen LogP contribution in [0.15, 0.2) is 0 Å². The number of likely N-dealkylation sites (tertiary alicyclic amines) is 1. The number of likely N-dealkylation sites (N-methyl/N-ethyl adjacent to an activating group) is 1. The van der Waals surface area contributed by atoms with E-state index in [0.29, 0.717) is 0 Å². The van der Waals surface area contributed by atoms with E-state index in [9.17, 15) is 19.7 Å². The molecule has 0 saturated carbocycles. The first kappa shape index (κ1) is 28.4. The normalized spacial score (nSPS) is 22.6. The maximum atomic E-state index is 12.8. The molecular weight excluding hydrogens is 484 g/mol. The van der Waals surface area contributed by atoms with Gasteiger partial charge in [0.1, 0.15) is 12.2 Å². The number of carbonyl (C=O) groups is 2. The molecule has 3 atom stereocenters. The quantitative estimate of drug-likeness (QED) is 0.296. The molecule has 1 unspecified atom stereocenters. The lowest BCUT2D eigenvalue weighted by Crippen LogP contribution is -2.59. The number of carbonyl (C=O) groups excluding carboxylic acids is 2. The highest BCUT2D eigenvalue weighted by Crippen LogP contribution is 2.35. The van der Waals surface area contributed by atoms with Crippen LogP contribution < -0.4 is 9.64 Å². The summed E-state index contributed by atoms with van der Waals surface area (Å²) in [6.07, 6.45) is 1.53. The third-order valence-corrected chi connectivity index (χ3v) is 6.46. The van der Waals surface area contributed by atoms with Crippen LogP contribution in [-0.2, 0) is 9.47 Å². The second kappa shape index (κ2) is 11.4. The molecule has 206 valence electrons. The number of aromatic nitrogens is 2. The summed E-state index contributed by atoms with van der Waals surface area (Å²) in [5.74, 6) is -0.963. The molecule has 3 heterocycles. The lowest BCUT2D eigenvalue weighted by atomic mass is 10.1. The highest BCUT2D eigenvalue weighted by atomic mass is 16.6. The van der Waals surface area contributed by atoms with Crippen molar-refractivity contribution >= 4 is 23.6 Å². The fraction of sp³-hybridized carbons (Fsp3) is 0.750. The van der Waals surface area contributed by atoms with Gasteiger partial charge in [-0.1, -0.05) is 0 Å². The Hall–Kier alpha value is -3.22. The number of rotatable bonds is 7. The summed E-state index contributed by atoms with van der Waals surface area (Å²) < 4.78 is 16.5. The van der Waals surface area contributed by atoms with E-state index in [0.717, 1.165) is 19.4 Å². The number of esters is 1. The molecule has 0 aliphatic carbocycles. The van der Waals surface area contributed by atoms with Gasteiger partial charge in [0.15, 0.2) is 0 Å². The molecule has 2 saturated heterocycles. The van der Waals surface area contributed by atoms with Gasteiger partial charge in [-0.25, -0.2) is 9.59 Å². The van der Waals surface area contributed by atoms with Crippen LogP contribution >= 0.6 is 0 Å². The van der Waals surface area contributed by atoms with Gasteiger partial charge in [0.05, 0.1) is 11.5 Å². The Kier molecular flexibility index (Phi) is 8.77. The zero-order valence-corrected chi connectivity index (χ0v) is 22.7. The van der Waals surface area contributed by atoms with Crippen molar-refractivity contribution < 1.29 is 28.7 Å². The third-order valence-electron chi connectivity index (χ3n) is 6.46. The minimum Gasteiger partial charge on any atom is -0.462 e. The Morgan fingerprint density at radius 1 is 1.16 bits per heavy atom. The Morgan fingerprint density at radius 2 is 1.86 bits per heavy atom. The van der Waals surface area contributed by atoms with Crippen LogP contribution in [-0.4, -0.2) is 100 Å². The second-order valence-electron chi connectivity index (χ2n) is 10.6. The van der Waals surface area contributed by atoms with Gasteiger partial charge in [0.25, 0.3) is 0 Å². The van der Waals surface area contributed by atoms with Crippen LogP contribution in [0, 0.1) is 10.1 Å². The minimum absolute atomic E-state index is 0.0282. The van der Waals surface area contributed by atoms with Crippen molar-refractivity contribution in [1.82, 2.24) is 19.8 Å². The number of anilines is 1. The number of amides is 1. The minimum atomic E-state index is -0.922. The molecular formula is C24H38N6O7. The van der Waals surface area contributed by atoms with E-state index in [1.807, 2.05) is 20.9 Å². The number of nitrogens with zero attached hydrogens (tertiary/aromatic N) is 6. The van der Waals surface area contributed by atoms with Crippen LogP contribution in [0.4, 0.5) is 16.3 Å². The van der Waals surface area contributed by atoms with Crippen molar-refractivity contribution in [1.29, 1.82) is 0 Å². The topological polar surface area (TPSA) is 140 Å². The van der Waals surface area contributed by atoms with E-state index in [2.05, 4.69) is 14.9 Å². The molecule has 2 aliphatic heterocycles. The second-order valence-corrected chi connectivity index (χ2v) is 10.6. The highest BCUT2D eigenvalue weighted by molar-refractivity contribution is 5.94. The summed E-state index contributed by atoms with van der Waals surface area (Å²) in [4.78, 5) is 51.0. The Morgan fingerprint density at radius 3 is 2.43 bits per heavy atom. The van der Waals surface area contributed by atoms with E-state index in [1.54, 1.807) is 37.5 Å². The average Bonchev–Trinajstić information content (AvgIpc) is 3.21. The van der Waals surface area contributed by atoms with Crippen molar-refractivity contribution in [3.63, 3.8) is 0 Å². The molecule has 37 heavy (non-hydrogen) atoms. The summed E-state index contributed by atoms with van der Waals surface area (Å²) >= 11 is 0. The van der Waals surface area contributed by atoms with Gasteiger partial charge in [-0.15, -0.1) is 0 Å². The lowest BCUT2D eigenvalue weighted by molar-refractivity contribution is -0.385. The Bertz CT molecular complexity index is 1010. The van der Waals surface area contributed by atoms with Crippen LogP contribution in [0.25, 0.3) is 0 Å². The summed E-state index contributed by atoms with van der Waals surface area (Å²) in [5, 5.41) is 12.2. The monoisotopic (exact) mass is 522 g/mol. The van der Waals surface area contributed by atoms with Crippen molar-refractivity contribution in [2.75, 3.05) is 44.8 Å². The first-order valence-corrected chi connectivity index (χ1v) is 12.6. The standard InChI is InChI=1S/C24H38N6O7/c1-8-35-21(31)18-19(30(33)34)20(26-22(25-18)36-14-17-10-9-11-27(17)7)28-12-16(3)29(13-15(28)2)23(32)37-24(4,5)6/h15-17H,8-14H2,1-7H3/t15-,16-,17?/m0/s1. The van der Waals surface area contributed by atoms with E-state index >= 15 is 0 Å². The van der Waals surface area contributed by atoms with Crippen molar-refractivity contribution in [2.45, 2.75) is 78.1 Å². The largest absolute Gasteiger partial charge is 0.462 e. The molecule has 0 aromatic carbocycles. The fourth-order valence-electron chi connectivity index (χ4n) is 4.55. The van der Waals surface area contributed by atoms with Crippen LogP contribution in [0.5, 0.6) is 6.01 Å². The molecule has 2 aliphatic rings. The zero-order valence-electron chi connectivity index (χ0n) is 22.7. The SMILES string of the molecule is CCOC(=O)c1nc(OCC2CCCN2C)nc(N2C[C@H](C)N(C(=O)OC(C)(C)C)C[C@@H]2C)c1[N+](=O)[O-]. The number of nitro groups is 1. The maximum absolute atomic E-state index is 12.8. The maximum Gasteiger partial charge on any atom is 0.410 e. The first-order valence-electron chi connectivity index (χ1n) is 12.6. The van der Waals surface area contributed by atoms with Gasteiger partial charge in [-0.3, -0.25) is 10.1 Å². The van der Waals surface area contributed by atoms with Gasteiger partial charge >= 0.3 is 23.8 Å². The molecule has 0 N–H and O–H groups in total. The molecule has 0 spiro atoms. The molecule has 13 nitrogen and oxygen atoms in total. The van der Waals surface area contributed by atoms with Crippen molar-refractivity contribution in [3.05, 3.63) is 15.8 Å². The molecule has 0 bridgehead atoms. The molecule has 3 rings (SSSR count). The lowest BCUT2D eigenvalue weighted by Gasteiger charge is -2.44. The molecule has 1 aromatic heterocycles. The van der Waals surface area contributed by atoms with E-state index < -0.39 is 34.0 Å². The predicted octanol–water partition coefficient (Wildman–Crippen LogP) is 2.87. The summed E-state index contributed by atoms with van der Waals surface area (Å²) in [6, 6.07) is -0.688. The molecule has 1 amide bonds. The summed E-state index contributed by atoms with van der Waals surface area (Å²) in [6.45, 7) is 12.4. The summed E-state index contributed by atoms with van der Waals surface area (Å²) in [5.41, 5.74) is -1.66. The molecule has 1 aromatic rings. The van der Waals surface area contributed by atoms with E-state index in [4.69, 9.17) is 14.2 Å². The smallest absolute Gasteiger partial charge is 0.410 e. The predicted molar refractivity (Wildman–Crippen MR) is 135 cm³/mol. The van der Waals surface area contributed by atoms with Gasteiger partial charge in [-0.05, 0) is 68.0 Å².